The van der Waals surface area contributed by atoms with Crippen molar-refractivity contribution in [2.45, 2.75) is 19.1 Å². The van der Waals surface area contributed by atoms with E-state index in [0.717, 1.165) is 0 Å². The number of likely N-dealkylation sites (N-methyl/N-ethyl adjacent to an activating group) is 1. The predicted octanol–water partition coefficient (Wildman–Crippen LogP) is -0.0409. The molecule has 0 bridgehead atoms. The van der Waals surface area contributed by atoms with E-state index in [9.17, 15) is 8.42 Å². The van der Waals surface area contributed by atoms with Gasteiger partial charge in [-0.15, -0.1) is 0 Å². The number of nitrogens with zero attached hydrogens (tertiary/aromatic N) is 1. The molecule has 0 amide bonds. The van der Waals surface area contributed by atoms with Crippen LogP contribution in [0, 0.1) is 0 Å². The molecule has 0 aromatic rings. The number of ether oxygens (including phenoxy) is 1. The van der Waals surface area contributed by atoms with Crippen LogP contribution < -0.4 is 5.73 Å². The van der Waals surface area contributed by atoms with Gasteiger partial charge in [-0.1, -0.05) is 12.2 Å². The molecule has 5 nitrogen and oxygen atoms in total. The van der Waals surface area contributed by atoms with Gasteiger partial charge in [-0.3, -0.25) is 0 Å². The molecule has 0 aliphatic heterocycles. The fourth-order valence-corrected chi connectivity index (χ4v) is 2.41. The minimum Gasteiger partial charge on any atom is -0.392 e. The quantitative estimate of drug-likeness (QED) is 0.510. The molecule has 0 fully saturated rings. The highest BCUT2D eigenvalue weighted by atomic mass is 32.2. The Bertz CT molecular complexity index is 303. The van der Waals surface area contributed by atoms with E-state index in [1.54, 1.807) is 0 Å². The lowest BCUT2D eigenvalue weighted by molar-refractivity contribution is 0.138. The standard InChI is InChI=1S/C8H18N2O3S2/c1-4-13-6-5-10(3)15(11,12)7(2)8(9)14/h7H,4-6H2,1-3H3,(H2,9,14). The topological polar surface area (TPSA) is 72.6 Å². The molecule has 0 saturated heterocycles. The van der Waals surface area contributed by atoms with Crippen LogP contribution >= 0.6 is 12.2 Å². The Labute approximate surface area is 96.6 Å². The highest BCUT2D eigenvalue weighted by Crippen LogP contribution is 2.06. The van der Waals surface area contributed by atoms with Gasteiger partial charge in [-0.05, 0) is 13.8 Å². The van der Waals surface area contributed by atoms with Crippen molar-refractivity contribution in [2.75, 3.05) is 26.8 Å². The van der Waals surface area contributed by atoms with Crippen molar-refractivity contribution >= 4 is 27.2 Å². The second-order valence-electron chi connectivity index (χ2n) is 3.11. The van der Waals surface area contributed by atoms with Crippen LogP contribution in [-0.2, 0) is 14.8 Å². The van der Waals surface area contributed by atoms with Crippen LogP contribution in [-0.4, -0.2) is 49.8 Å². The molecular formula is C8H18N2O3S2. The SMILES string of the molecule is CCOCCN(C)S(=O)(=O)C(C)C(N)=S. The molecule has 1 atom stereocenters. The van der Waals surface area contributed by atoms with Gasteiger partial charge in [0.15, 0.2) is 0 Å². The van der Waals surface area contributed by atoms with Gasteiger partial charge in [0.2, 0.25) is 10.0 Å². The summed E-state index contributed by atoms with van der Waals surface area (Å²) >= 11 is 4.66. The van der Waals surface area contributed by atoms with E-state index in [4.69, 9.17) is 10.5 Å². The lowest BCUT2D eigenvalue weighted by Gasteiger charge is -2.20. The lowest BCUT2D eigenvalue weighted by atomic mass is 10.5. The molecule has 0 aromatic heterocycles. The Morgan fingerprint density at radius 2 is 2.13 bits per heavy atom. The smallest absolute Gasteiger partial charge is 0.223 e. The normalized spacial score (nSPS) is 14.1. The second kappa shape index (κ2) is 6.37. The molecule has 0 aliphatic carbocycles. The van der Waals surface area contributed by atoms with Crippen molar-refractivity contribution in [1.82, 2.24) is 4.31 Å². The Morgan fingerprint density at radius 3 is 2.53 bits per heavy atom. The van der Waals surface area contributed by atoms with E-state index in [1.165, 1.54) is 18.3 Å². The van der Waals surface area contributed by atoms with E-state index in [2.05, 4.69) is 12.2 Å². The van der Waals surface area contributed by atoms with E-state index in [0.29, 0.717) is 19.8 Å². The van der Waals surface area contributed by atoms with Crippen molar-refractivity contribution in [3.63, 3.8) is 0 Å². The van der Waals surface area contributed by atoms with Gasteiger partial charge in [-0.2, -0.15) is 0 Å². The number of hydrogen-bond donors (Lipinski definition) is 1. The summed E-state index contributed by atoms with van der Waals surface area (Å²) in [5.41, 5.74) is 5.31. The summed E-state index contributed by atoms with van der Waals surface area (Å²) in [4.78, 5) is -0.0155. The monoisotopic (exact) mass is 254 g/mol. The van der Waals surface area contributed by atoms with E-state index in [-0.39, 0.29) is 4.99 Å². The van der Waals surface area contributed by atoms with Gasteiger partial charge in [0.1, 0.15) is 5.25 Å². The first-order valence-corrected chi connectivity index (χ1v) is 6.57. The van der Waals surface area contributed by atoms with E-state index in [1.807, 2.05) is 6.92 Å². The molecular weight excluding hydrogens is 236 g/mol. The summed E-state index contributed by atoms with van der Waals surface area (Å²) in [5.74, 6) is 0. The van der Waals surface area contributed by atoms with Gasteiger partial charge < -0.3 is 10.5 Å². The van der Waals surface area contributed by atoms with Gasteiger partial charge in [-0.25, -0.2) is 12.7 Å². The Hall–Kier alpha value is -0.240. The highest BCUT2D eigenvalue weighted by molar-refractivity contribution is 7.92. The highest BCUT2D eigenvalue weighted by Gasteiger charge is 2.27. The molecule has 0 saturated carbocycles. The third-order valence-corrected chi connectivity index (χ3v) is 4.74. The largest absolute Gasteiger partial charge is 0.392 e. The molecule has 90 valence electrons. The molecule has 1 unspecified atom stereocenters. The molecule has 0 spiro atoms. The second-order valence-corrected chi connectivity index (χ2v) is 5.94. The molecule has 0 aliphatic rings. The molecule has 0 heterocycles. The molecule has 0 radical (unpaired) electrons. The van der Waals surface area contributed by atoms with Crippen molar-refractivity contribution in [2.24, 2.45) is 5.73 Å². The van der Waals surface area contributed by atoms with Crippen LogP contribution in [0.2, 0.25) is 0 Å². The maximum absolute atomic E-state index is 11.8. The van der Waals surface area contributed by atoms with Crippen LogP contribution in [0.5, 0.6) is 0 Å². The van der Waals surface area contributed by atoms with Gasteiger partial charge in [0.25, 0.3) is 0 Å². The van der Waals surface area contributed by atoms with Crippen LogP contribution in [0.15, 0.2) is 0 Å². The fourth-order valence-electron chi connectivity index (χ4n) is 0.881. The fraction of sp³-hybridized carbons (Fsp3) is 0.875. The zero-order valence-electron chi connectivity index (χ0n) is 9.26. The van der Waals surface area contributed by atoms with Crippen LogP contribution in [0.25, 0.3) is 0 Å². The average molecular weight is 254 g/mol. The number of sulfonamides is 1. The molecule has 2 N–H and O–H groups in total. The number of thiocarbonyl (C=S) groups is 1. The molecule has 7 heteroatoms. The molecule has 0 aromatic carbocycles. The first kappa shape index (κ1) is 14.8. The summed E-state index contributed by atoms with van der Waals surface area (Å²) in [6.07, 6.45) is 0. The Kier molecular flexibility index (Phi) is 6.26. The van der Waals surface area contributed by atoms with Crippen molar-refractivity contribution < 1.29 is 13.2 Å². The molecule has 15 heavy (non-hydrogen) atoms. The Balaban J connectivity index is 4.39. The minimum absolute atomic E-state index is 0.0155. The van der Waals surface area contributed by atoms with Crippen LogP contribution in [0.4, 0.5) is 0 Å². The third-order valence-electron chi connectivity index (χ3n) is 2.04. The summed E-state index contributed by atoms with van der Waals surface area (Å²) in [6, 6.07) is 0. The van der Waals surface area contributed by atoms with Gasteiger partial charge in [0.05, 0.1) is 11.6 Å². The van der Waals surface area contributed by atoms with Gasteiger partial charge >= 0.3 is 0 Å². The van der Waals surface area contributed by atoms with E-state index < -0.39 is 15.3 Å². The van der Waals surface area contributed by atoms with E-state index >= 15 is 0 Å². The zero-order chi connectivity index (χ0) is 12.1. The summed E-state index contributed by atoms with van der Waals surface area (Å²) in [5, 5.41) is -0.834. The van der Waals surface area contributed by atoms with Gasteiger partial charge in [0, 0.05) is 20.2 Å². The predicted molar refractivity (Wildman–Crippen MR) is 64.3 cm³/mol. The first-order chi connectivity index (χ1) is 6.84. The Morgan fingerprint density at radius 1 is 1.60 bits per heavy atom. The summed E-state index contributed by atoms with van der Waals surface area (Å²) in [7, 11) is -1.94. The molecule has 0 rings (SSSR count). The summed E-state index contributed by atoms with van der Waals surface area (Å²) in [6.45, 7) is 4.58. The maximum atomic E-state index is 11.8. The summed E-state index contributed by atoms with van der Waals surface area (Å²) < 4.78 is 29.8. The maximum Gasteiger partial charge on any atom is 0.223 e. The number of rotatable bonds is 7. The lowest BCUT2D eigenvalue weighted by Crippen LogP contribution is -2.42. The van der Waals surface area contributed by atoms with Crippen molar-refractivity contribution in [3.05, 3.63) is 0 Å². The first-order valence-electron chi connectivity index (χ1n) is 4.66. The zero-order valence-corrected chi connectivity index (χ0v) is 10.9. The van der Waals surface area contributed by atoms with Crippen LogP contribution in [0.1, 0.15) is 13.8 Å². The number of nitrogens with two attached hydrogens (primary N) is 1. The minimum atomic E-state index is -3.43. The average Bonchev–Trinajstić information content (AvgIpc) is 2.16. The van der Waals surface area contributed by atoms with Crippen LogP contribution in [0.3, 0.4) is 0 Å². The number of hydrogen-bond acceptors (Lipinski definition) is 4. The van der Waals surface area contributed by atoms with Crippen molar-refractivity contribution in [1.29, 1.82) is 0 Å². The van der Waals surface area contributed by atoms with Crippen molar-refractivity contribution in [3.8, 4) is 0 Å². The third kappa shape index (κ3) is 4.42.